The maximum atomic E-state index is 13.2. The summed E-state index contributed by atoms with van der Waals surface area (Å²) in [5.74, 6) is -1.18. The van der Waals surface area contributed by atoms with E-state index >= 15 is 0 Å². The number of anilines is 2. The van der Waals surface area contributed by atoms with Gasteiger partial charge in [0.15, 0.2) is 0 Å². The molecule has 6 nitrogen and oxygen atoms in total. The molecule has 0 radical (unpaired) electrons. The lowest BCUT2D eigenvalue weighted by atomic mass is 10.3. The summed E-state index contributed by atoms with van der Waals surface area (Å²) in [7, 11) is -2.71. The van der Waals surface area contributed by atoms with Crippen molar-refractivity contribution in [2.75, 3.05) is 23.3 Å². The summed E-state index contributed by atoms with van der Waals surface area (Å²) in [6, 6.07) is 15.5. The van der Waals surface area contributed by atoms with Crippen LogP contribution in [-0.4, -0.2) is 28.0 Å². The molecular weight excluding hydrogens is 414 g/mol. The highest BCUT2D eigenvalue weighted by Crippen LogP contribution is 2.26. The summed E-state index contributed by atoms with van der Waals surface area (Å²) in [6.07, 6.45) is 0. The first-order chi connectivity index (χ1) is 14.3. The van der Waals surface area contributed by atoms with Gasteiger partial charge >= 0.3 is 0 Å². The van der Waals surface area contributed by atoms with Crippen LogP contribution in [0.1, 0.15) is 0 Å². The molecule has 0 unspecified atom stereocenters. The van der Waals surface area contributed by atoms with Crippen LogP contribution in [0, 0.1) is 11.6 Å². The van der Waals surface area contributed by atoms with Crippen molar-refractivity contribution in [2.24, 2.45) is 0 Å². The van der Waals surface area contributed by atoms with Crippen LogP contribution in [0.25, 0.3) is 0 Å². The Morgan fingerprint density at radius 1 is 0.900 bits per heavy atom. The molecule has 0 fully saturated rings. The Kier molecular flexibility index (Phi) is 6.31. The molecule has 0 saturated heterocycles. The highest BCUT2D eigenvalue weighted by atomic mass is 32.2. The van der Waals surface area contributed by atoms with Crippen LogP contribution in [0.4, 0.5) is 20.2 Å². The maximum absolute atomic E-state index is 13.2. The first-order valence-electron chi connectivity index (χ1n) is 8.77. The van der Waals surface area contributed by atoms with Crippen LogP contribution in [0.15, 0.2) is 77.7 Å². The largest absolute Gasteiger partial charge is 0.497 e. The number of carbonyl (C=O) groups is 1. The first kappa shape index (κ1) is 21.3. The van der Waals surface area contributed by atoms with E-state index in [0.717, 1.165) is 28.6 Å². The molecule has 0 atom stereocenters. The van der Waals surface area contributed by atoms with Crippen LogP contribution in [0.3, 0.4) is 0 Å². The lowest BCUT2D eigenvalue weighted by molar-refractivity contribution is -0.114. The van der Waals surface area contributed by atoms with Gasteiger partial charge in [0.1, 0.15) is 23.9 Å². The molecule has 3 aromatic rings. The third-order valence-electron chi connectivity index (χ3n) is 4.18. The number of hydrogen-bond donors (Lipinski definition) is 1. The Bertz CT molecular complexity index is 1120. The number of halogens is 2. The zero-order chi connectivity index (χ0) is 21.7. The average Bonchev–Trinajstić information content (AvgIpc) is 2.74. The average molecular weight is 432 g/mol. The zero-order valence-corrected chi connectivity index (χ0v) is 16.7. The Morgan fingerprint density at radius 3 is 1.97 bits per heavy atom. The molecule has 156 valence electrons. The van der Waals surface area contributed by atoms with Crippen LogP contribution in [0.5, 0.6) is 5.75 Å². The zero-order valence-electron chi connectivity index (χ0n) is 15.9. The van der Waals surface area contributed by atoms with Crippen molar-refractivity contribution >= 4 is 27.3 Å². The number of sulfonamides is 1. The summed E-state index contributed by atoms with van der Waals surface area (Å²) in [5, 5.41) is 2.53. The normalized spacial score (nSPS) is 11.0. The smallest absolute Gasteiger partial charge is 0.264 e. The van der Waals surface area contributed by atoms with Gasteiger partial charge in [-0.05, 0) is 72.8 Å². The third-order valence-corrected chi connectivity index (χ3v) is 5.97. The Hall–Kier alpha value is -3.46. The SMILES string of the molecule is COc1ccc(N(CC(=O)Nc2ccc(F)cc2)S(=O)(=O)c2ccc(F)cc2)cc1. The van der Waals surface area contributed by atoms with Crippen molar-refractivity contribution in [1.82, 2.24) is 0 Å². The standard InChI is InChI=1S/C21H18F2N2O4S/c1-29-19-10-8-18(9-11-19)25(30(27,28)20-12-4-16(23)5-13-20)14-21(26)24-17-6-2-15(22)3-7-17/h2-13H,14H2,1H3,(H,24,26). The van der Waals surface area contributed by atoms with Crippen molar-refractivity contribution < 1.29 is 26.7 Å². The number of amides is 1. The number of hydrogen-bond acceptors (Lipinski definition) is 4. The summed E-state index contributed by atoms with van der Waals surface area (Å²) < 4.78 is 58.6. The molecule has 0 aliphatic carbocycles. The second-order valence-corrected chi connectivity index (χ2v) is 8.08. The van der Waals surface area contributed by atoms with Gasteiger partial charge in [-0.25, -0.2) is 17.2 Å². The number of methoxy groups -OCH3 is 1. The van der Waals surface area contributed by atoms with Crippen LogP contribution in [-0.2, 0) is 14.8 Å². The van der Waals surface area contributed by atoms with Gasteiger partial charge in [-0.1, -0.05) is 0 Å². The highest BCUT2D eigenvalue weighted by molar-refractivity contribution is 7.92. The molecule has 3 aromatic carbocycles. The van der Waals surface area contributed by atoms with E-state index in [1.165, 1.54) is 43.5 Å². The second kappa shape index (κ2) is 8.91. The van der Waals surface area contributed by atoms with Gasteiger partial charge < -0.3 is 10.1 Å². The number of nitrogens with one attached hydrogen (secondary N) is 1. The van der Waals surface area contributed by atoms with Gasteiger partial charge in [-0.15, -0.1) is 0 Å². The van der Waals surface area contributed by atoms with Gasteiger partial charge in [-0.3, -0.25) is 9.10 Å². The molecule has 0 heterocycles. The van der Waals surface area contributed by atoms with E-state index < -0.39 is 34.1 Å². The molecule has 1 amide bonds. The van der Waals surface area contributed by atoms with E-state index in [1.54, 1.807) is 12.1 Å². The predicted octanol–water partition coefficient (Wildman–Crippen LogP) is 3.81. The van der Waals surface area contributed by atoms with Crippen molar-refractivity contribution in [2.45, 2.75) is 4.90 Å². The van der Waals surface area contributed by atoms with Crippen LogP contribution >= 0.6 is 0 Å². The van der Waals surface area contributed by atoms with Gasteiger partial charge in [0.2, 0.25) is 5.91 Å². The molecule has 3 rings (SSSR count). The molecule has 0 bridgehead atoms. The molecule has 30 heavy (non-hydrogen) atoms. The third kappa shape index (κ3) is 4.93. The number of benzene rings is 3. The quantitative estimate of drug-likeness (QED) is 0.616. The summed E-state index contributed by atoms with van der Waals surface area (Å²) in [6.45, 7) is -0.552. The van der Waals surface area contributed by atoms with E-state index in [-0.39, 0.29) is 10.6 Å². The number of ether oxygens (including phenoxy) is 1. The first-order valence-corrected chi connectivity index (χ1v) is 10.2. The summed E-state index contributed by atoms with van der Waals surface area (Å²) in [4.78, 5) is 12.4. The van der Waals surface area contributed by atoms with E-state index in [4.69, 9.17) is 4.74 Å². The topological polar surface area (TPSA) is 75.7 Å². The Labute approximate surface area is 172 Å². The van der Waals surface area contributed by atoms with E-state index in [0.29, 0.717) is 11.4 Å². The van der Waals surface area contributed by atoms with Gasteiger partial charge in [-0.2, -0.15) is 0 Å². The molecule has 9 heteroatoms. The minimum Gasteiger partial charge on any atom is -0.497 e. The monoisotopic (exact) mass is 432 g/mol. The Morgan fingerprint density at radius 2 is 1.43 bits per heavy atom. The highest BCUT2D eigenvalue weighted by Gasteiger charge is 2.27. The Balaban J connectivity index is 1.93. The van der Waals surface area contributed by atoms with Crippen molar-refractivity contribution in [1.29, 1.82) is 0 Å². The molecule has 0 aliphatic heterocycles. The van der Waals surface area contributed by atoms with Crippen LogP contribution < -0.4 is 14.4 Å². The predicted molar refractivity (Wildman–Crippen MR) is 109 cm³/mol. The lowest BCUT2D eigenvalue weighted by Gasteiger charge is -2.24. The van der Waals surface area contributed by atoms with Gasteiger partial charge in [0.25, 0.3) is 10.0 Å². The molecule has 0 aliphatic rings. The van der Waals surface area contributed by atoms with Crippen molar-refractivity contribution in [3.05, 3.63) is 84.4 Å². The fourth-order valence-electron chi connectivity index (χ4n) is 2.66. The number of carbonyl (C=O) groups excluding carboxylic acids is 1. The lowest BCUT2D eigenvalue weighted by Crippen LogP contribution is -2.38. The van der Waals surface area contributed by atoms with Crippen LogP contribution in [0.2, 0.25) is 0 Å². The van der Waals surface area contributed by atoms with Gasteiger partial charge in [0, 0.05) is 5.69 Å². The van der Waals surface area contributed by atoms with E-state index in [9.17, 15) is 22.0 Å². The van der Waals surface area contributed by atoms with Gasteiger partial charge in [0.05, 0.1) is 17.7 Å². The molecular formula is C21H18F2N2O4S. The second-order valence-electron chi connectivity index (χ2n) is 6.22. The van der Waals surface area contributed by atoms with Crippen molar-refractivity contribution in [3.63, 3.8) is 0 Å². The molecule has 0 spiro atoms. The molecule has 1 N–H and O–H groups in total. The maximum Gasteiger partial charge on any atom is 0.264 e. The number of nitrogens with zero attached hydrogens (tertiary/aromatic N) is 1. The summed E-state index contributed by atoms with van der Waals surface area (Å²) >= 11 is 0. The fraction of sp³-hybridized carbons (Fsp3) is 0.0952. The summed E-state index contributed by atoms with van der Waals surface area (Å²) in [5.41, 5.74) is 0.532. The number of rotatable bonds is 7. The minimum absolute atomic E-state index is 0.172. The molecule has 0 aromatic heterocycles. The molecule has 0 saturated carbocycles. The van der Waals surface area contributed by atoms with E-state index in [2.05, 4.69) is 5.32 Å². The fourth-order valence-corrected chi connectivity index (χ4v) is 4.08. The van der Waals surface area contributed by atoms with Crippen molar-refractivity contribution in [3.8, 4) is 5.75 Å². The van der Waals surface area contributed by atoms with E-state index in [1.807, 2.05) is 0 Å². The minimum atomic E-state index is -4.18.